The van der Waals surface area contributed by atoms with Crippen LogP contribution in [0.3, 0.4) is 0 Å². The molecule has 1 aliphatic carbocycles. The normalized spacial score (nSPS) is 16.5. The summed E-state index contributed by atoms with van der Waals surface area (Å²) in [6.45, 7) is 0.517. The Morgan fingerprint density at radius 2 is 2.21 bits per heavy atom. The largest absolute Gasteiger partial charge is 0.463 e. The molecule has 1 saturated carbocycles. The van der Waals surface area contributed by atoms with Crippen LogP contribution >= 0.6 is 0 Å². The summed E-state index contributed by atoms with van der Waals surface area (Å²) in [5, 5.41) is 0.867. The van der Waals surface area contributed by atoms with Crippen LogP contribution in [0.1, 0.15) is 23.2 Å². The number of likely N-dealkylation sites (N-methyl/N-ethyl adjacent to an activating group) is 1. The molecule has 1 amide bonds. The highest BCUT2D eigenvalue weighted by Crippen LogP contribution is 2.35. The summed E-state index contributed by atoms with van der Waals surface area (Å²) in [5.41, 5.74) is 7.17. The van der Waals surface area contributed by atoms with Gasteiger partial charge in [0.25, 0.3) is 5.91 Å². The minimum atomic E-state index is -0.00713. The fourth-order valence-electron chi connectivity index (χ4n) is 2.63. The van der Waals surface area contributed by atoms with E-state index in [0.717, 1.165) is 11.0 Å². The SMILES string of the molecule is CN(C(=O)c1coc2ccccc12)C(CN)C1CC1. The number of nitrogens with zero attached hydrogens (tertiary/aromatic N) is 1. The van der Waals surface area contributed by atoms with E-state index in [-0.39, 0.29) is 11.9 Å². The molecule has 19 heavy (non-hydrogen) atoms. The van der Waals surface area contributed by atoms with Gasteiger partial charge >= 0.3 is 0 Å². The van der Waals surface area contributed by atoms with Gasteiger partial charge in [-0.1, -0.05) is 18.2 Å². The van der Waals surface area contributed by atoms with Gasteiger partial charge in [-0.25, -0.2) is 0 Å². The monoisotopic (exact) mass is 258 g/mol. The van der Waals surface area contributed by atoms with Gasteiger partial charge in [0.1, 0.15) is 11.8 Å². The number of fused-ring (bicyclic) bond motifs is 1. The van der Waals surface area contributed by atoms with E-state index in [1.807, 2.05) is 31.3 Å². The van der Waals surface area contributed by atoms with Crippen LogP contribution in [0.25, 0.3) is 11.0 Å². The highest BCUT2D eigenvalue weighted by molar-refractivity contribution is 6.05. The van der Waals surface area contributed by atoms with Crippen LogP contribution in [0.5, 0.6) is 0 Å². The van der Waals surface area contributed by atoms with Crippen molar-refractivity contribution in [3.05, 3.63) is 36.1 Å². The highest BCUT2D eigenvalue weighted by atomic mass is 16.3. The summed E-state index contributed by atoms with van der Waals surface area (Å²) in [6, 6.07) is 7.73. The third kappa shape index (κ3) is 2.12. The van der Waals surface area contributed by atoms with E-state index in [1.165, 1.54) is 12.8 Å². The van der Waals surface area contributed by atoms with Gasteiger partial charge < -0.3 is 15.1 Å². The number of carbonyl (C=O) groups is 1. The van der Waals surface area contributed by atoms with E-state index < -0.39 is 0 Å². The first-order valence-corrected chi connectivity index (χ1v) is 6.66. The van der Waals surface area contributed by atoms with Crippen LogP contribution in [0.2, 0.25) is 0 Å². The van der Waals surface area contributed by atoms with Gasteiger partial charge in [0.2, 0.25) is 0 Å². The Balaban J connectivity index is 1.90. The lowest BCUT2D eigenvalue weighted by Crippen LogP contribution is -2.43. The summed E-state index contributed by atoms with van der Waals surface area (Å²) in [6.07, 6.45) is 3.89. The Labute approximate surface area is 112 Å². The average molecular weight is 258 g/mol. The lowest BCUT2D eigenvalue weighted by molar-refractivity contribution is 0.0719. The number of carbonyl (C=O) groups excluding carboxylic acids is 1. The first-order chi connectivity index (χ1) is 9.22. The first-order valence-electron chi connectivity index (χ1n) is 6.66. The molecule has 2 N–H and O–H groups in total. The van der Waals surface area contributed by atoms with E-state index in [0.29, 0.717) is 18.0 Å². The third-order valence-corrected chi connectivity index (χ3v) is 3.94. The minimum Gasteiger partial charge on any atom is -0.463 e. The molecule has 0 spiro atoms. The first kappa shape index (κ1) is 12.2. The predicted octanol–water partition coefficient (Wildman–Crippen LogP) is 2.24. The molecule has 0 radical (unpaired) electrons. The second kappa shape index (κ2) is 4.70. The molecule has 1 aromatic carbocycles. The van der Waals surface area contributed by atoms with Gasteiger partial charge in [0, 0.05) is 25.0 Å². The molecule has 1 fully saturated rings. The van der Waals surface area contributed by atoms with E-state index in [1.54, 1.807) is 11.2 Å². The van der Waals surface area contributed by atoms with Crippen LogP contribution in [0, 0.1) is 5.92 Å². The zero-order chi connectivity index (χ0) is 13.4. The second-order valence-electron chi connectivity index (χ2n) is 5.20. The van der Waals surface area contributed by atoms with Gasteiger partial charge in [-0.3, -0.25) is 4.79 Å². The van der Waals surface area contributed by atoms with Crippen molar-refractivity contribution in [2.75, 3.05) is 13.6 Å². The van der Waals surface area contributed by atoms with E-state index in [2.05, 4.69) is 0 Å². The number of para-hydroxylation sites is 1. The quantitative estimate of drug-likeness (QED) is 0.915. The molecule has 0 aliphatic heterocycles. The molecule has 1 unspecified atom stereocenters. The number of furan rings is 1. The van der Waals surface area contributed by atoms with Crippen molar-refractivity contribution in [1.82, 2.24) is 4.90 Å². The Morgan fingerprint density at radius 1 is 1.47 bits per heavy atom. The number of amides is 1. The van der Waals surface area contributed by atoms with Crippen LogP contribution in [0.15, 0.2) is 34.9 Å². The lowest BCUT2D eigenvalue weighted by Gasteiger charge is -2.26. The molecule has 1 aromatic heterocycles. The van der Waals surface area contributed by atoms with Crippen molar-refractivity contribution in [2.24, 2.45) is 11.7 Å². The highest BCUT2D eigenvalue weighted by Gasteiger charge is 2.35. The van der Waals surface area contributed by atoms with Crippen molar-refractivity contribution in [3.63, 3.8) is 0 Å². The summed E-state index contributed by atoms with van der Waals surface area (Å²) >= 11 is 0. The molecule has 0 saturated heterocycles. The van der Waals surface area contributed by atoms with Crippen molar-refractivity contribution >= 4 is 16.9 Å². The van der Waals surface area contributed by atoms with Gasteiger partial charge in [-0.2, -0.15) is 0 Å². The van der Waals surface area contributed by atoms with Crippen molar-refractivity contribution in [3.8, 4) is 0 Å². The fourth-order valence-corrected chi connectivity index (χ4v) is 2.63. The molecular formula is C15H18N2O2. The summed E-state index contributed by atoms with van der Waals surface area (Å²) in [5.74, 6) is 0.560. The van der Waals surface area contributed by atoms with Crippen molar-refractivity contribution in [1.29, 1.82) is 0 Å². The zero-order valence-electron chi connectivity index (χ0n) is 11.0. The van der Waals surface area contributed by atoms with Gasteiger partial charge in [0.15, 0.2) is 0 Å². The molecular weight excluding hydrogens is 240 g/mol. The average Bonchev–Trinajstić information content (AvgIpc) is 3.17. The van der Waals surface area contributed by atoms with Gasteiger partial charge in [0.05, 0.1) is 5.56 Å². The predicted molar refractivity (Wildman–Crippen MR) is 73.9 cm³/mol. The summed E-state index contributed by atoms with van der Waals surface area (Å²) < 4.78 is 5.43. The van der Waals surface area contributed by atoms with Gasteiger partial charge in [-0.05, 0) is 24.8 Å². The third-order valence-electron chi connectivity index (χ3n) is 3.94. The maximum absolute atomic E-state index is 12.6. The van der Waals surface area contributed by atoms with Crippen molar-refractivity contribution in [2.45, 2.75) is 18.9 Å². The van der Waals surface area contributed by atoms with Gasteiger partial charge in [-0.15, -0.1) is 0 Å². The fraction of sp³-hybridized carbons (Fsp3) is 0.400. The van der Waals surface area contributed by atoms with Crippen LogP contribution < -0.4 is 5.73 Å². The van der Waals surface area contributed by atoms with E-state index >= 15 is 0 Å². The second-order valence-corrected chi connectivity index (χ2v) is 5.20. The topological polar surface area (TPSA) is 59.5 Å². The molecule has 4 heteroatoms. The maximum atomic E-state index is 12.6. The molecule has 100 valence electrons. The number of hydrogen-bond donors (Lipinski definition) is 1. The smallest absolute Gasteiger partial charge is 0.257 e. The standard InChI is InChI=1S/C15H18N2O2/c1-17(13(8-16)10-6-7-10)15(18)12-9-19-14-5-3-2-4-11(12)14/h2-5,9-10,13H,6-8,16H2,1H3. The Morgan fingerprint density at radius 3 is 2.89 bits per heavy atom. The van der Waals surface area contributed by atoms with E-state index in [9.17, 15) is 4.79 Å². The maximum Gasteiger partial charge on any atom is 0.257 e. The number of hydrogen-bond acceptors (Lipinski definition) is 3. The van der Waals surface area contributed by atoms with Crippen LogP contribution in [0.4, 0.5) is 0 Å². The summed E-state index contributed by atoms with van der Waals surface area (Å²) in [4.78, 5) is 14.3. The number of benzene rings is 1. The Kier molecular flexibility index (Phi) is 3.03. The molecule has 1 aliphatic rings. The molecule has 1 heterocycles. The van der Waals surface area contributed by atoms with Crippen LogP contribution in [-0.2, 0) is 0 Å². The molecule has 0 bridgehead atoms. The zero-order valence-corrected chi connectivity index (χ0v) is 11.0. The lowest BCUT2D eigenvalue weighted by atomic mass is 10.1. The molecule has 1 atom stereocenters. The summed E-state index contributed by atoms with van der Waals surface area (Å²) in [7, 11) is 1.83. The van der Waals surface area contributed by atoms with E-state index in [4.69, 9.17) is 10.2 Å². The number of nitrogens with two attached hydrogens (primary N) is 1. The number of rotatable bonds is 4. The van der Waals surface area contributed by atoms with Crippen molar-refractivity contribution < 1.29 is 9.21 Å². The molecule has 3 rings (SSSR count). The molecule has 4 nitrogen and oxygen atoms in total. The Bertz CT molecular complexity index is 601. The van der Waals surface area contributed by atoms with Crippen LogP contribution in [-0.4, -0.2) is 30.4 Å². The Hall–Kier alpha value is -1.81. The minimum absolute atomic E-state index is 0.00713. The molecule has 2 aromatic rings.